The van der Waals surface area contributed by atoms with Gasteiger partial charge in [0.1, 0.15) is 0 Å². The largest absolute Gasteiger partial charge is 0.294 e. The second kappa shape index (κ2) is 5.13. The van der Waals surface area contributed by atoms with Crippen molar-refractivity contribution >= 4 is 0 Å². The third-order valence-electron chi connectivity index (χ3n) is 5.27. The molecule has 19 heavy (non-hydrogen) atoms. The average Bonchev–Trinajstić information content (AvgIpc) is 3.00. The van der Waals surface area contributed by atoms with Gasteiger partial charge in [-0.2, -0.15) is 0 Å². The van der Waals surface area contributed by atoms with Gasteiger partial charge in [-0.1, -0.05) is 43.4 Å². The van der Waals surface area contributed by atoms with E-state index >= 15 is 0 Å². The monoisotopic (exact) mass is 255 g/mol. The fraction of sp³-hybridized carbons (Fsp3) is 0.556. The van der Waals surface area contributed by atoms with Gasteiger partial charge in [-0.15, -0.1) is 0 Å². The van der Waals surface area contributed by atoms with Crippen molar-refractivity contribution < 1.29 is 0 Å². The summed E-state index contributed by atoms with van der Waals surface area (Å²) in [7, 11) is 0. The Morgan fingerprint density at radius 3 is 2.74 bits per heavy atom. The van der Waals surface area contributed by atoms with Crippen LogP contribution in [0.1, 0.15) is 39.5 Å². The predicted molar refractivity (Wildman–Crippen MR) is 82.1 cm³/mol. The number of rotatable bonds is 3. The first-order valence-electron chi connectivity index (χ1n) is 7.75. The van der Waals surface area contributed by atoms with Crippen molar-refractivity contribution in [3.63, 3.8) is 0 Å². The van der Waals surface area contributed by atoms with Crippen LogP contribution in [0.25, 0.3) is 0 Å². The maximum Gasteiger partial charge on any atom is 0.0393 e. The first-order chi connectivity index (χ1) is 9.24. The number of nitrogens with zero attached hydrogens (tertiary/aromatic N) is 1. The summed E-state index contributed by atoms with van der Waals surface area (Å²) < 4.78 is 0. The molecule has 0 aromatic carbocycles. The molecule has 0 aromatic heterocycles. The standard InChI is InChI=1S/C18H25N/c1-3-18(2,19-12-6-7-13-19)17-11-10-15-8-4-5-9-16(15)14-17/h4-5,8-11,16H,3,6-7,12-14H2,1-2H3. The smallest absolute Gasteiger partial charge is 0.0393 e. The Balaban J connectivity index is 1.88. The SMILES string of the molecule is CCC(C)(C1=CC=C2C=CC=CC2C1)N1CCCC1. The quantitative estimate of drug-likeness (QED) is 0.728. The molecular weight excluding hydrogens is 230 g/mol. The van der Waals surface area contributed by atoms with Crippen molar-refractivity contribution in [1.29, 1.82) is 0 Å². The molecule has 3 aliphatic rings. The molecule has 2 atom stereocenters. The minimum absolute atomic E-state index is 0.271. The molecule has 1 nitrogen and oxygen atoms in total. The first-order valence-corrected chi connectivity index (χ1v) is 7.75. The lowest BCUT2D eigenvalue weighted by Gasteiger charge is -2.42. The molecule has 2 unspecified atom stereocenters. The summed E-state index contributed by atoms with van der Waals surface area (Å²) in [6.45, 7) is 7.34. The van der Waals surface area contributed by atoms with Crippen molar-refractivity contribution in [1.82, 2.24) is 4.90 Å². The maximum atomic E-state index is 2.71. The van der Waals surface area contributed by atoms with E-state index in [9.17, 15) is 0 Å². The Hall–Kier alpha value is -1.08. The fourth-order valence-corrected chi connectivity index (χ4v) is 3.73. The highest BCUT2D eigenvalue weighted by Crippen LogP contribution is 2.39. The second-order valence-electron chi connectivity index (χ2n) is 6.23. The highest BCUT2D eigenvalue weighted by Gasteiger charge is 2.36. The van der Waals surface area contributed by atoms with Gasteiger partial charge in [0.15, 0.2) is 0 Å². The van der Waals surface area contributed by atoms with Crippen LogP contribution in [0, 0.1) is 5.92 Å². The number of hydrogen-bond acceptors (Lipinski definition) is 1. The van der Waals surface area contributed by atoms with Crippen molar-refractivity contribution in [2.24, 2.45) is 5.92 Å². The summed E-state index contributed by atoms with van der Waals surface area (Å²) in [5, 5.41) is 0. The van der Waals surface area contributed by atoms with Crippen LogP contribution in [-0.2, 0) is 0 Å². The number of allylic oxidation sites excluding steroid dienone is 7. The molecule has 0 amide bonds. The molecule has 102 valence electrons. The molecule has 0 bridgehead atoms. The molecule has 0 N–H and O–H groups in total. The van der Waals surface area contributed by atoms with E-state index in [0.29, 0.717) is 5.92 Å². The molecule has 1 fully saturated rings. The van der Waals surface area contributed by atoms with Crippen LogP contribution in [0.3, 0.4) is 0 Å². The van der Waals surface area contributed by atoms with E-state index in [1.54, 1.807) is 5.57 Å². The molecule has 0 radical (unpaired) electrons. The molecule has 0 saturated carbocycles. The highest BCUT2D eigenvalue weighted by molar-refractivity contribution is 5.42. The van der Waals surface area contributed by atoms with Gasteiger partial charge in [0.25, 0.3) is 0 Å². The second-order valence-corrected chi connectivity index (χ2v) is 6.23. The van der Waals surface area contributed by atoms with Gasteiger partial charge >= 0.3 is 0 Å². The normalized spacial score (nSPS) is 29.7. The van der Waals surface area contributed by atoms with Crippen molar-refractivity contribution in [3.8, 4) is 0 Å². The molecular formula is C18H25N. The lowest BCUT2D eigenvalue weighted by atomic mass is 9.76. The van der Waals surface area contributed by atoms with E-state index in [0.717, 1.165) is 0 Å². The molecule has 2 aliphatic carbocycles. The number of likely N-dealkylation sites (tertiary alicyclic amines) is 1. The third-order valence-corrected chi connectivity index (χ3v) is 5.27. The molecule has 1 aliphatic heterocycles. The zero-order valence-corrected chi connectivity index (χ0v) is 12.2. The Morgan fingerprint density at radius 1 is 1.21 bits per heavy atom. The summed E-state index contributed by atoms with van der Waals surface area (Å²) in [5.74, 6) is 0.610. The maximum absolute atomic E-state index is 2.71. The summed E-state index contributed by atoms with van der Waals surface area (Å²) >= 11 is 0. The molecule has 3 rings (SSSR count). The van der Waals surface area contributed by atoms with Gasteiger partial charge in [-0.05, 0) is 56.8 Å². The highest BCUT2D eigenvalue weighted by atomic mass is 15.2. The van der Waals surface area contributed by atoms with Gasteiger partial charge in [-0.25, -0.2) is 0 Å². The van der Waals surface area contributed by atoms with Crippen LogP contribution in [0.15, 0.2) is 47.6 Å². The summed E-state index contributed by atoms with van der Waals surface area (Å²) in [4.78, 5) is 2.71. The Bertz CT molecular complexity index is 460. The minimum Gasteiger partial charge on any atom is -0.294 e. The summed E-state index contributed by atoms with van der Waals surface area (Å²) in [6.07, 6.45) is 18.9. The average molecular weight is 255 g/mol. The van der Waals surface area contributed by atoms with E-state index < -0.39 is 0 Å². The van der Waals surface area contributed by atoms with Gasteiger partial charge in [-0.3, -0.25) is 4.90 Å². The first kappa shape index (κ1) is 12.9. The van der Waals surface area contributed by atoms with Crippen LogP contribution in [0.4, 0.5) is 0 Å². The van der Waals surface area contributed by atoms with E-state index in [1.165, 1.54) is 44.3 Å². The lowest BCUT2D eigenvalue weighted by Crippen LogP contribution is -2.46. The Kier molecular flexibility index (Phi) is 3.49. The Labute approximate surface area is 117 Å². The number of hydrogen-bond donors (Lipinski definition) is 0. The topological polar surface area (TPSA) is 3.24 Å². The Morgan fingerprint density at radius 2 is 2.00 bits per heavy atom. The molecule has 0 spiro atoms. The zero-order valence-electron chi connectivity index (χ0n) is 12.2. The predicted octanol–water partition coefficient (Wildman–Crippen LogP) is 4.25. The van der Waals surface area contributed by atoms with Crippen molar-refractivity contribution in [2.75, 3.05) is 13.1 Å². The molecule has 1 saturated heterocycles. The van der Waals surface area contributed by atoms with Crippen LogP contribution in [0.2, 0.25) is 0 Å². The van der Waals surface area contributed by atoms with E-state index in [1.807, 2.05) is 0 Å². The van der Waals surface area contributed by atoms with Crippen molar-refractivity contribution in [2.45, 2.75) is 45.1 Å². The van der Waals surface area contributed by atoms with Gasteiger partial charge < -0.3 is 0 Å². The third kappa shape index (κ3) is 2.25. The van der Waals surface area contributed by atoms with Crippen LogP contribution < -0.4 is 0 Å². The van der Waals surface area contributed by atoms with Crippen LogP contribution >= 0.6 is 0 Å². The van der Waals surface area contributed by atoms with E-state index in [2.05, 4.69) is 55.2 Å². The van der Waals surface area contributed by atoms with Crippen molar-refractivity contribution in [3.05, 3.63) is 47.6 Å². The van der Waals surface area contributed by atoms with E-state index in [4.69, 9.17) is 0 Å². The minimum atomic E-state index is 0.271. The number of fused-ring (bicyclic) bond motifs is 1. The lowest BCUT2D eigenvalue weighted by molar-refractivity contribution is 0.161. The molecule has 1 heteroatoms. The van der Waals surface area contributed by atoms with Crippen LogP contribution in [-0.4, -0.2) is 23.5 Å². The van der Waals surface area contributed by atoms with Gasteiger partial charge in [0, 0.05) is 11.5 Å². The van der Waals surface area contributed by atoms with E-state index in [-0.39, 0.29) is 5.54 Å². The molecule has 0 aromatic rings. The van der Waals surface area contributed by atoms with Crippen LogP contribution in [0.5, 0.6) is 0 Å². The fourth-order valence-electron chi connectivity index (χ4n) is 3.73. The zero-order chi connectivity index (χ0) is 13.3. The summed E-state index contributed by atoms with van der Waals surface area (Å²) in [6, 6.07) is 0. The van der Waals surface area contributed by atoms with Gasteiger partial charge in [0.05, 0.1) is 0 Å². The molecule has 1 heterocycles. The van der Waals surface area contributed by atoms with Gasteiger partial charge in [0.2, 0.25) is 0 Å². The summed E-state index contributed by atoms with van der Waals surface area (Å²) in [5.41, 5.74) is 3.38.